The number of piperidine rings is 1. The Morgan fingerprint density at radius 1 is 1.29 bits per heavy atom. The highest BCUT2D eigenvalue weighted by Crippen LogP contribution is 2.44. The summed E-state index contributed by atoms with van der Waals surface area (Å²) in [6.45, 7) is 4.66. The Kier molecular flexibility index (Phi) is 3.98. The van der Waals surface area contributed by atoms with Crippen LogP contribution in [-0.2, 0) is 18.4 Å². The number of hydrogen-bond donors (Lipinski definition) is 2. The van der Waals surface area contributed by atoms with Gasteiger partial charge in [-0.2, -0.15) is 0 Å². The number of aromatic nitrogens is 3. The molecule has 1 atom stereocenters. The number of nitrogens with zero attached hydrogens (tertiary/aromatic N) is 3. The predicted octanol–water partition coefficient (Wildman–Crippen LogP) is 2.69. The lowest BCUT2D eigenvalue weighted by molar-refractivity contribution is 0.136. The van der Waals surface area contributed by atoms with E-state index in [0.29, 0.717) is 12.5 Å². The van der Waals surface area contributed by atoms with Crippen molar-refractivity contribution in [1.29, 1.82) is 0 Å². The zero-order valence-corrected chi connectivity index (χ0v) is 16.2. The number of nitrogens with two attached hydrogens (primary N) is 1. The molecule has 2 aliphatic rings. The van der Waals surface area contributed by atoms with Crippen LogP contribution in [0.1, 0.15) is 41.6 Å². The Balaban J connectivity index is 1.44. The predicted molar refractivity (Wildman–Crippen MR) is 110 cm³/mol. The van der Waals surface area contributed by atoms with Gasteiger partial charge >= 0.3 is 0 Å². The molecule has 1 aliphatic heterocycles. The molecular weight excluding hydrogens is 350 g/mol. The molecule has 3 heterocycles. The zero-order valence-electron chi connectivity index (χ0n) is 16.2. The first kappa shape index (κ1) is 17.4. The highest BCUT2D eigenvalue weighted by Gasteiger charge is 2.43. The highest BCUT2D eigenvalue weighted by molar-refractivity contribution is 5.79. The van der Waals surface area contributed by atoms with Gasteiger partial charge in [0.15, 0.2) is 0 Å². The summed E-state index contributed by atoms with van der Waals surface area (Å²) < 4.78 is 0. The third kappa shape index (κ3) is 2.88. The Hall–Kier alpha value is -2.73. The number of pyridine rings is 1. The van der Waals surface area contributed by atoms with Crippen LogP contribution >= 0.6 is 0 Å². The van der Waals surface area contributed by atoms with E-state index in [4.69, 9.17) is 5.73 Å². The lowest BCUT2D eigenvalue weighted by Crippen LogP contribution is -2.45. The molecule has 144 valence electrons. The van der Waals surface area contributed by atoms with Crippen LogP contribution in [0.4, 0.5) is 5.95 Å². The fourth-order valence-electron chi connectivity index (χ4n) is 5.04. The number of nitrogens with one attached hydrogen (secondary N) is 1. The molecule has 6 heteroatoms. The third-order valence-corrected chi connectivity index (χ3v) is 6.38. The molecule has 0 amide bonds. The average molecular weight is 375 g/mol. The minimum absolute atomic E-state index is 0.00867. The number of H-pyrrole nitrogens is 1. The first-order chi connectivity index (χ1) is 13.5. The molecule has 1 aromatic carbocycles. The van der Waals surface area contributed by atoms with Crippen molar-refractivity contribution in [1.82, 2.24) is 19.9 Å². The van der Waals surface area contributed by atoms with Crippen molar-refractivity contribution in [2.45, 2.75) is 44.6 Å². The number of aromatic amines is 1. The van der Waals surface area contributed by atoms with Crippen LogP contribution in [0.15, 0.2) is 35.3 Å². The van der Waals surface area contributed by atoms with Gasteiger partial charge in [-0.1, -0.05) is 11.6 Å². The van der Waals surface area contributed by atoms with E-state index in [2.05, 4.69) is 32.8 Å². The molecule has 28 heavy (non-hydrogen) atoms. The first-order valence-electron chi connectivity index (χ1n) is 9.99. The molecular formula is C22H25N5O. The van der Waals surface area contributed by atoms with E-state index in [1.807, 2.05) is 24.4 Å². The second-order valence-corrected chi connectivity index (χ2v) is 8.41. The van der Waals surface area contributed by atoms with Gasteiger partial charge in [-0.15, -0.1) is 0 Å². The van der Waals surface area contributed by atoms with Crippen LogP contribution in [-0.4, -0.2) is 32.9 Å². The number of benzene rings is 1. The molecule has 1 saturated heterocycles. The van der Waals surface area contributed by atoms with E-state index < -0.39 is 0 Å². The van der Waals surface area contributed by atoms with Crippen LogP contribution in [0, 0.1) is 6.92 Å². The van der Waals surface area contributed by atoms with Gasteiger partial charge in [-0.3, -0.25) is 9.69 Å². The van der Waals surface area contributed by atoms with E-state index in [-0.39, 0.29) is 11.0 Å². The van der Waals surface area contributed by atoms with Crippen molar-refractivity contribution in [2.24, 2.45) is 0 Å². The van der Waals surface area contributed by atoms with Gasteiger partial charge in [-0.05, 0) is 68.3 Å². The van der Waals surface area contributed by atoms with Crippen LogP contribution in [0.3, 0.4) is 0 Å². The molecule has 3 aromatic rings. The number of likely N-dealkylation sites (tertiary alicyclic amines) is 1. The van der Waals surface area contributed by atoms with Crippen LogP contribution < -0.4 is 11.3 Å². The van der Waals surface area contributed by atoms with Crippen LogP contribution in [0.25, 0.3) is 10.9 Å². The van der Waals surface area contributed by atoms with Crippen molar-refractivity contribution in [3.05, 3.63) is 63.2 Å². The van der Waals surface area contributed by atoms with Gasteiger partial charge in [0, 0.05) is 35.8 Å². The topological polar surface area (TPSA) is 87.9 Å². The fourth-order valence-corrected chi connectivity index (χ4v) is 5.04. The number of fused-ring (bicyclic) bond motifs is 3. The molecule has 1 spiro atoms. The first-order valence-corrected chi connectivity index (χ1v) is 9.99. The molecule has 1 unspecified atom stereocenters. The van der Waals surface area contributed by atoms with E-state index in [9.17, 15) is 4.79 Å². The maximum absolute atomic E-state index is 12.6. The summed E-state index contributed by atoms with van der Waals surface area (Å²) in [5.41, 5.74) is 11.2. The van der Waals surface area contributed by atoms with Crippen molar-refractivity contribution in [2.75, 3.05) is 18.8 Å². The zero-order chi connectivity index (χ0) is 19.3. The SMILES string of the molecule is Cc1ccc2[nH]c(=O)c(CN3CCCC4(CCc5cnc(N)nc54)C3)cc2c1. The summed E-state index contributed by atoms with van der Waals surface area (Å²) in [6, 6.07) is 8.17. The van der Waals surface area contributed by atoms with Gasteiger partial charge in [0.05, 0.1) is 5.69 Å². The Labute approximate surface area is 163 Å². The minimum Gasteiger partial charge on any atom is -0.368 e. The average Bonchev–Trinajstić information content (AvgIpc) is 3.00. The minimum atomic E-state index is 0.00867. The summed E-state index contributed by atoms with van der Waals surface area (Å²) in [7, 11) is 0. The number of rotatable bonds is 2. The summed E-state index contributed by atoms with van der Waals surface area (Å²) in [5.74, 6) is 0.360. The molecule has 1 fully saturated rings. The highest BCUT2D eigenvalue weighted by atomic mass is 16.1. The van der Waals surface area contributed by atoms with E-state index in [1.165, 1.54) is 11.1 Å². The number of anilines is 1. The summed E-state index contributed by atoms with van der Waals surface area (Å²) in [5, 5.41) is 1.09. The molecule has 0 saturated carbocycles. The normalized spacial score (nSPS) is 22.0. The second-order valence-electron chi connectivity index (χ2n) is 8.41. The number of nitrogen functional groups attached to an aromatic ring is 1. The van der Waals surface area contributed by atoms with Crippen molar-refractivity contribution < 1.29 is 0 Å². The van der Waals surface area contributed by atoms with Crippen molar-refractivity contribution in [3.8, 4) is 0 Å². The largest absolute Gasteiger partial charge is 0.368 e. The lowest BCUT2D eigenvalue weighted by Gasteiger charge is -2.40. The quantitative estimate of drug-likeness (QED) is 0.719. The van der Waals surface area contributed by atoms with Crippen LogP contribution in [0.5, 0.6) is 0 Å². The van der Waals surface area contributed by atoms with Gasteiger partial charge in [0.25, 0.3) is 5.56 Å². The molecule has 6 nitrogen and oxygen atoms in total. The van der Waals surface area contributed by atoms with Crippen molar-refractivity contribution in [3.63, 3.8) is 0 Å². The van der Waals surface area contributed by atoms with Gasteiger partial charge in [0.1, 0.15) is 0 Å². The standard InChI is InChI=1S/C22H25N5O/c1-14-3-4-18-16(9-14)10-17(20(28)25-18)12-27-8-2-6-22(13-27)7-5-15-11-24-21(23)26-19(15)22/h3-4,9-11H,2,5-8,12-13H2,1H3,(H,25,28)(H2,23,24,26). The molecule has 5 rings (SSSR count). The van der Waals surface area contributed by atoms with E-state index in [1.54, 1.807) is 0 Å². The smallest absolute Gasteiger partial charge is 0.252 e. The molecule has 2 aromatic heterocycles. The monoisotopic (exact) mass is 375 g/mol. The van der Waals surface area contributed by atoms with Gasteiger partial charge in [-0.25, -0.2) is 9.97 Å². The van der Waals surface area contributed by atoms with Crippen LogP contribution in [0.2, 0.25) is 0 Å². The Morgan fingerprint density at radius 2 is 2.18 bits per heavy atom. The molecule has 1 aliphatic carbocycles. The number of hydrogen-bond acceptors (Lipinski definition) is 5. The van der Waals surface area contributed by atoms with Gasteiger partial charge < -0.3 is 10.7 Å². The van der Waals surface area contributed by atoms with E-state index in [0.717, 1.165) is 60.9 Å². The maximum Gasteiger partial charge on any atom is 0.252 e. The summed E-state index contributed by atoms with van der Waals surface area (Å²) in [6.07, 6.45) is 6.22. The van der Waals surface area contributed by atoms with E-state index >= 15 is 0 Å². The van der Waals surface area contributed by atoms with Crippen molar-refractivity contribution >= 4 is 16.9 Å². The van der Waals surface area contributed by atoms with Gasteiger partial charge in [0.2, 0.25) is 5.95 Å². The maximum atomic E-state index is 12.6. The molecule has 0 bridgehead atoms. The molecule has 0 radical (unpaired) electrons. The third-order valence-electron chi connectivity index (χ3n) is 6.38. The Morgan fingerprint density at radius 3 is 3.07 bits per heavy atom. The molecule has 3 N–H and O–H groups in total. The second kappa shape index (κ2) is 6.41. The summed E-state index contributed by atoms with van der Waals surface area (Å²) >= 11 is 0. The summed E-state index contributed by atoms with van der Waals surface area (Å²) in [4.78, 5) is 26.9. The number of aryl methyl sites for hydroxylation is 2. The lowest BCUT2D eigenvalue weighted by atomic mass is 9.77. The Bertz CT molecular complexity index is 1120. The fraction of sp³-hybridized carbons (Fsp3) is 0.409.